The van der Waals surface area contributed by atoms with Crippen molar-refractivity contribution in [2.75, 3.05) is 0 Å². The van der Waals surface area contributed by atoms with Crippen LogP contribution in [-0.4, -0.2) is 15.5 Å². The Morgan fingerprint density at radius 2 is 2.05 bits per heavy atom. The molecule has 0 bridgehead atoms. The highest BCUT2D eigenvalue weighted by atomic mass is 16.1. The lowest BCUT2D eigenvalue weighted by atomic mass is 10.1. The summed E-state index contributed by atoms with van der Waals surface area (Å²) in [5.74, 6) is 0.0644. The van der Waals surface area contributed by atoms with Gasteiger partial charge >= 0.3 is 0 Å². The first-order valence-electron chi connectivity index (χ1n) is 7.06. The largest absolute Gasteiger partial charge is 0.352 e. The third kappa shape index (κ3) is 2.79. The number of carbonyl (C=O) groups is 1. The molecule has 1 N–H and O–H groups in total. The highest BCUT2D eigenvalue weighted by Crippen LogP contribution is 2.21. The number of amides is 1. The van der Waals surface area contributed by atoms with Crippen LogP contribution in [0.2, 0.25) is 0 Å². The zero-order valence-electron chi connectivity index (χ0n) is 11.9. The number of hydrogen-bond donors (Lipinski definition) is 1. The Bertz CT molecular complexity index is 776. The molecule has 1 amide bonds. The van der Waals surface area contributed by atoms with Gasteiger partial charge in [0.2, 0.25) is 5.91 Å². The van der Waals surface area contributed by atoms with E-state index in [1.165, 1.54) is 0 Å². The van der Waals surface area contributed by atoms with Gasteiger partial charge in [0.25, 0.3) is 0 Å². The maximum absolute atomic E-state index is 11.4. The summed E-state index contributed by atoms with van der Waals surface area (Å²) in [7, 11) is 0. The highest BCUT2D eigenvalue weighted by Gasteiger charge is 2.05. The molecule has 0 aliphatic heterocycles. The molecule has 1 aromatic carbocycles. The van der Waals surface area contributed by atoms with Crippen LogP contribution < -0.4 is 5.32 Å². The highest BCUT2D eigenvalue weighted by molar-refractivity contribution is 5.75. The average Bonchev–Trinajstić information content (AvgIpc) is 3.01. The molecule has 106 valence electrons. The monoisotopic (exact) mass is 279 g/mol. The molecule has 2 heterocycles. The topological polar surface area (TPSA) is 46.4 Å². The zero-order valence-corrected chi connectivity index (χ0v) is 11.9. The van der Waals surface area contributed by atoms with Crippen molar-refractivity contribution < 1.29 is 4.79 Å². The van der Waals surface area contributed by atoms with Crippen LogP contribution in [0.25, 0.3) is 16.8 Å². The summed E-state index contributed by atoms with van der Waals surface area (Å²) in [6, 6.07) is 16.3. The molecular formula is C17H17N3O. The first-order valence-corrected chi connectivity index (χ1v) is 7.06. The van der Waals surface area contributed by atoms with E-state index < -0.39 is 0 Å². The zero-order chi connectivity index (χ0) is 14.7. The maximum atomic E-state index is 11.4. The Morgan fingerprint density at radius 1 is 1.19 bits per heavy atom. The van der Waals surface area contributed by atoms with Crippen LogP contribution >= 0.6 is 0 Å². The number of pyridine rings is 1. The van der Waals surface area contributed by atoms with E-state index in [4.69, 9.17) is 0 Å². The SMILES string of the molecule is CCC(=O)NCc1cccc(-c2cccc3ccnn23)c1. The second-order valence-electron chi connectivity index (χ2n) is 4.91. The summed E-state index contributed by atoms with van der Waals surface area (Å²) >= 11 is 0. The standard InChI is InChI=1S/C17H17N3O/c1-2-17(21)18-12-13-5-3-6-14(11-13)16-8-4-7-15-9-10-19-20(15)16/h3-11H,2,12H2,1H3,(H,18,21). The Kier molecular flexibility index (Phi) is 3.69. The lowest BCUT2D eigenvalue weighted by Gasteiger charge is -2.08. The van der Waals surface area contributed by atoms with Crippen LogP contribution in [0.4, 0.5) is 0 Å². The minimum Gasteiger partial charge on any atom is -0.352 e. The van der Waals surface area contributed by atoms with E-state index in [0.717, 1.165) is 22.3 Å². The van der Waals surface area contributed by atoms with Crippen molar-refractivity contribution in [3.8, 4) is 11.3 Å². The fourth-order valence-electron chi connectivity index (χ4n) is 2.33. The minimum atomic E-state index is 0.0644. The Labute approximate surface area is 123 Å². The predicted octanol–water partition coefficient (Wildman–Crippen LogP) is 3.03. The van der Waals surface area contributed by atoms with Gasteiger partial charge in [-0.3, -0.25) is 4.79 Å². The fraction of sp³-hybridized carbons (Fsp3) is 0.176. The van der Waals surface area contributed by atoms with Gasteiger partial charge in [0.1, 0.15) is 0 Å². The van der Waals surface area contributed by atoms with E-state index in [0.29, 0.717) is 13.0 Å². The molecule has 0 saturated heterocycles. The molecule has 0 atom stereocenters. The lowest BCUT2D eigenvalue weighted by Crippen LogP contribution is -2.21. The van der Waals surface area contributed by atoms with Crippen molar-refractivity contribution >= 4 is 11.4 Å². The van der Waals surface area contributed by atoms with Crippen LogP contribution in [0.15, 0.2) is 54.7 Å². The molecule has 4 heteroatoms. The smallest absolute Gasteiger partial charge is 0.219 e. The van der Waals surface area contributed by atoms with Gasteiger partial charge in [-0.05, 0) is 29.8 Å². The molecule has 3 rings (SSSR count). The van der Waals surface area contributed by atoms with Crippen LogP contribution in [0, 0.1) is 0 Å². The van der Waals surface area contributed by atoms with Crippen molar-refractivity contribution in [3.63, 3.8) is 0 Å². The molecule has 0 radical (unpaired) electrons. The average molecular weight is 279 g/mol. The van der Waals surface area contributed by atoms with Gasteiger partial charge in [-0.2, -0.15) is 5.10 Å². The number of fused-ring (bicyclic) bond motifs is 1. The number of nitrogens with zero attached hydrogens (tertiary/aromatic N) is 2. The molecule has 0 saturated carbocycles. The van der Waals surface area contributed by atoms with Crippen LogP contribution in [0.3, 0.4) is 0 Å². The van der Waals surface area contributed by atoms with Gasteiger partial charge in [-0.25, -0.2) is 4.52 Å². The molecule has 0 fully saturated rings. The Hall–Kier alpha value is -2.62. The van der Waals surface area contributed by atoms with E-state index in [2.05, 4.69) is 22.5 Å². The second kappa shape index (κ2) is 5.79. The van der Waals surface area contributed by atoms with Crippen molar-refractivity contribution in [2.45, 2.75) is 19.9 Å². The summed E-state index contributed by atoms with van der Waals surface area (Å²) in [4.78, 5) is 11.4. The summed E-state index contributed by atoms with van der Waals surface area (Å²) in [5.41, 5.74) is 4.28. The normalized spacial score (nSPS) is 10.7. The molecule has 0 aliphatic rings. The van der Waals surface area contributed by atoms with Crippen LogP contribution in [-0.2, 0) is 11.3 Å². The second-order valence-corrected chi connectivity index (χ2v) is 4.91. The van der Waals surface area contributed by atoms with E-state index in [1.807, 2.05) is 47.8 Å². The Balaban J connectivity index is 1.92. The van der Waals surface area contributed by atoms with Crippen LogP contribution in [0.1, 0.15) is 18.9 Å². The number of nitrogens with one attached hydrogen (secondary N) is 1. The van der Waals surface area contributed by atoms with Crippen molar-refractivity contribution in [2.24, 2.45) is 0 Å². The van der Waals surface area contributed by atoms with Crippen LogP contribution in [0.5, 0.6) is 0 Å². The predicted molar refractivity (Wildman–Crippen MR) is 82.8 cm³/mol. The molecule has 0 aliphatic carbocycles. The number of hydrogen-bond acceptors (Lipinski definition) is 2. The number of rotatable bonds is 4. The van der Waals surface area contributed by atoms with Gasteiger partial charge in [-0.1, -0.05) is 31.2 Å². The lowest BCUT2D eigenvalue weighted by molar-refractivity contribution is -0.120. The summed E-state index contributed by atoms with van der Waals surface area (Å²) in [6.07, 6.45) is 2.30. The first kappa shape index (κ1) is 13.4. The fourth-order valence-corrected chi connectivity index (χ4v) is 2.33. The number of carbonyl (C=O) groups excluding carboxylic acids is 1. The molecular weight excluding hydrogens is 262 g/mol. The molecule has 0 unspecified atom stereocenters. The van der Waals surface area contributed by atoms with E-state index in [9.17, 15) is 4.79 Å². The molecule has 21 heavy (non-hydrogen) atoms. The Morgan fingerprint density at radius 3 is 2.90 bits per heavy atom. The minimum absolute atomic E-state index is 0.0644. The maximum Gasteiger partial charge on any atom is 0.219 e. The van der Waals surface area contributed by atoms with Gasteiger partial charge < -0.3 is 5.32 Å². The van der Waals surface area contributed by atoms with Gasteiger partial charge in [0.15, 0.2) is 0 Å². The number of aromatic nitrogens is 2. The van der Waals surface area contributed by atoms with Crippen molar-refractivity contribution in [3.05, 3.63) is 60.3 Å². The van der Waals surface area contributed by atoms with Crippen molar-refractivity contribution in [1.82, 2.24) is 14.9 Å². The summed E-state index contributed by atoms with van der Waals surface area (Å²) in [5, 5.41) is 7.26. The van der Waals surface area contributed by atoms with E-state index >= 15 is 0 Å². The van der Waals surface area contributed by atoms with E-state index in [-0.39, 0.29) is 5.91 Å². The van der Waals surface area contributed by atoms with Crippen molar-refractivity contribution in [1.29, 1.82) is 0 Å². The summed E-state index contributed by atoms with van der Waals surface area (Å²) in [6.45, 7) is 2.40. The molecule has 3 aromatic rings. The summed E-state index contributed by atoms with van der Waals surface area (Å²) < 4.78 is 1.92. The van der Waals surface area contributed by atoms with E-state index in [1.54, 1.807) is 6.20 Å². The third-order valence-corrected chi connectivity index (χ3v) is 3.45. The molecule has 4 nitrogen and oxygen atoms in total. The third-order valence-electron chi connectivity index (χ3n) is 3.45. The molecule has 2 aromatic heterocycles. The number of benzene rings is 1. The molecule has 0 spiro atoms. The van der Waals surface area contributed by atoms with Gasteiger partial charge in [0.05, 0.1) is 17.4 Å². The quantitative estimate of drug-likeness (QED) is 0.798. The van der Waals surface area contributed by atoms with Gasteiger partial charge in [-0.15, -0.1) is 0 Å². The first-order chi connectivity index (χ1) is 10.3. The van der Waals surface area contributed by atoms with Gasteiger partial charge in [0, 0.05) is 18.5 Å².